The Morgan fingerprint density at radius 2 is 1.88 bits per heavy atom. The number of unbranched alkanes of at least 4 members (excludes halogenated alkanes) is 1. The molecule has 1 unspecified atom stereocenters. The summed E-state index contributed by atoms with van der Waals surface area (Å²) < 4.78 is 35.3. The summed E-state index contributed by atoms with van der Waals surface area (Å²) in [5.74, 6) is 2.20. The van der Waals surface area contributed by atoms with E-state index in [1.54, 1.807) is 29.2 Å². The summed E-state index contributed by atoms with van der Waals surface area (Å²) in [4.78, 5) is 3.54. The average molecular weight is 475 g/mol. The van der Waals surface area contributed by atoms with Crippen LogP contribution in [-0.2, 0) is 10.0 Å². The monoisotopic (exact) mass is 474 g/mol. The van der Waals surface area contributed by atoms with Crippen LogP contribution >= 0.6 is 11.8 Å². The van der Waals surface area contributed by atoms with Crippen molar-refractivity contribution in [2.45, 2.75) is 61.8 Å². The van der Waals surface area contributed by atoms with Gasteiger partial charge < -0.3 is 9.64 Å². The van der Waals surface area contributed by atoms with E-state index in [9.17, 15) is 8.42 Å². The van der Waals surface area contributed by atoms with Crippen LogP contribution in [0.25, 0.3) is 0 Å². The molecule has 2 aromatic carbocycles. The number of thioether (sulfide) groups is 1. The summed E-state index contributed by atoms with van der Waals surface area (Å²) in [6, 6.07) is 13.8. The van der Waals surface area contributed by atoms with Gasteiger partial charge in [0.1, 0.15) is 10.6 Å². The standard InChI is InChI=1S/C25H34N2O3S2/c1-4-6-10-21-17-27(20-11-8-7-9-12-20)22-15-24(31-5-2)23(30-18-19-13-14-19)16-25(22)32(28,29)26(21)3/h7-9,11-12,15-16,19,21H,4-6,10,13-14,17-18H2,1-3H3. The fraction of sp³-hybridized carbons (Fsp3) is 0.520. The zero-order chi connectivity index (χ0) is 22.7. The Bertz CT molecular complexity index is 1020. The maximum Gasteiger partial charge on any atom is 0.245 e. The second-order valence-electron chi connectivity index (χ2n) is 8.72. The highest BCUT2D eigenvalue weighted by Crippen LogP contribution is 2.44. The lowest BCUT2D eigenvalue weighted by atomic mass is 10.1. The summed E-state index contributed by atoms with van der Waals surface area (Å²) in [7, 11) is -1.92. The summed E-state index contributed by atoms with van der Waals surface area (Å²) in [5.41, 5.74) is 1.76. The second-order valence-corrected chi connectivity index (χ2v) is 12.0. The van der Waals surface area contributed by atoms with E-state index in [0.717, 1.165) is 41.3 Å². The summed E-state index contributed by atoms with van der Waals surface area (Å²) in [6.45, 7) is 5.55. The van der Waals surface area contributed by atoms with Gasteiger partial charge in [-0.3, -0.25) is 0 Å². The highest BCUT2D eigenvalue weighted by molar-refractivity contribution is 7.99. The zero-order valence-corrected chi connectivity index (χ0v) is 20.9. The lowest BCUT2D eigenvalue weighted by Crippen LogP contribution is -2.40. The number of hydrogen-bond donors (Lipinski definition) is 0. The van der Waals surface area contributed by atoms with Gasteiger partial charge in [-0.1, -0.05) is 44.9 Å². The normalized spacial score (nSPS) is 20.6. The van der Waals surface area contributed by atoms with Gasteiger partial charge in [-0.2, -0.15) is 4.31 Å². The first-order valence-electron chi connectivity index (χ1n) is 11.7. The molecule has 1 aliphatic heterocycles. The predicted molar refractivity (Wildman–Crippen MR) is 133 cm³/mol. The Kier molecular flexibility index (Phi) is 7.37. The molecule has 1 saturated carbocycles. The zero-order valence-electron chi connectivity index (χ0n) is 19.3. The number of benzene rings is 2. The fourth-order valence-electron chi connectivity index (χ4n) is 4.16. The Labute approximate surface area is 197 Å². The van der Waals surface area contributed by atoms with Gasteiger partial charge in [-0.25, -0.2) is 8.42 Å². The number of likely N-dealkylation sites (N-methyl/N-ethyl adjacent to an activating group) is 1. The molecule has 1 aliphatic carbocycles. The third-order valence-corrected chi connectivity index (χ3v) is 9.17. The molecule has 7 heteroatoms. The molecule has 0 amide bonds. The molecule has 5 nitrogen and oxygen atoms in total. The molecule has 32 heavy (non-hydrogen) atoms. The average Bonchev–Trinajstić information content (AvgIpc) is 3.63. The van der Waals surface area contributed by atoms with E-state index in [1.807, 2.05) is 24.3 Å². The lowest BCUT2D eigenvalue weighted by Gasteiger charge is -2.29. The Morgan fingerprint density at radius 1 is 1.12 bits per heavy atom. The Hall–Kier alpha value is -1.70. The molecular weight excluding hydrogens is 440 g/mol. The van der Waals surface area contributed by atoms with Crippen molar-refractivity contribution in [1.82, 2.24) is 4.31 Å². The van der Waals surface area contributed by atoms with Crippen LogP contribution in [0.3, 0.4) is 0 Å². The van der Waals surface area contributed by atoms with Gasteiger partial charge in [0.2, 0.25) is 10.0 Å². The third-order valence-electron chi connectivity index (χ3n) is 6.31. The molecule has 0 bridgehead atoms. The molecule has 0 radical (unpaired) electrons. The van der Waals surface area contributed by atoms with Crippen molar-refractivity contribution in [1.29, 1.82) is 0 Å². The van der Waals surface area contributed by atoms with Crippen molar-refractivity contribution in [3.05, 3.63) is 42.5 Å². The first-order valence-corrected chi connectivity index (χ1v) is 14.1. The first-order chi connectivity index (χ1) is 15.5. The number of fused-ring (bicyclic) bond motifs is 1. The van der Waals surface area contributed by atoms with Crippen molar-refractivity contribution in [2.24, 2.45) is 5.92 Å². The van der Waals surface area contributed by atoms with Crippen LogP contribution in [0.1, 0.15) is 46.0 Å². The van der Waals surface area contributed by atoms with Crippen molar-refractivity contribution in [3.8, 4) is 5.75 Å². The number of rotatable bonds is 9. The molecule has 0 saturated heterocycles. The van der Waals surface area contributed by atoms with Gasteiger partial charge in [0.25, 0.3) is 0 Å². The molecule has 1 fully saturated rings. The summed E-state index contributed by atoms with van der Waals surface area (Å²) >= 11 is 1.71. The van der Waals surface area contributed by atoms with E-state index < -0.39 is 10.0 Å². The lowest BCUT2D eigenvalue weighted by molar-refractivity contribution is 0.292. The molecule has 1 atom stereocenters. The van der Waals surface area contributed by atoms with E-state index in [1.165, 1.54) is 12.8 Å². The van der Waals surface area contributed by atoms with Crippen LogP contribution in [0.5, 0.6) is 5.75 Å². The number of hydrogen-bond acceptors (Lipinski definition) is 5. The molecule has 4 rings (SSSR count). The van der Waals surface area contributed by atoms with Crippen LogP contribution in [0.15, 0.2) is 52.3 Å². The summed E-state index contributed by atoms with van der Waals surface area (Å²) in [5, 5.41) is 0. The molecule has 0 spiro atoms. The fourth-order valence-corrected chi connectivity index (χ4v) is 6.49. The molecule has 2 aliphatic rings. The second kappa shape index (κ2) is 10.1. The van der Waals surface area contributed by atoms with E-state index in [-0.39, 0.29) is 6.04 Å². The number of anilines is 2. The number of sulfonamides is 1. The van der Waals surface area contributed by atoms with Gasteiger partial charge in [0.15, 0.2) is 0 Å². The smallest absolute Gasteiger partial charge is 0.245 e. The van der Waals surface area contributed by atoms with Crippen molar-refractivity contribution in [3.63, 3.8) is 0 Å². The van der Waals surface area contributed by atoms with Gasteiger partial charge in [-0.05, 0) is 49.1 Å². The maximum absolute atomic E-state index is 13.8. The first kappa shape index (κ1) is 23.5. The van der Waals surface area contributed by atoms with Gasteiger partial charge in [0, 0.05) is 31.4 Å². The van der Waals surface area contributed by atoms with E-state index in [4.69, 9.17) is 4.74 Å². The molecule has 174 valence electrons. The highest BCUT2D eigenvalue weighted by Gasteiger charge is 2.37. The van der Waals surface area contributed by atoms with E-state index >= 15 is 0 Å². The third kappa shape index (κ3) is 4.95. The molecule has 1 heterocycles. The van der Waals surface area contributed by atoms with Gasteiger partial charge >= 0.3 is 0 Å². The van der Waals surface area contributed by atoms with Crippen LogP contribution in [0, 0.1) is 5.92 Å². The molecule has 0 N–H and O–H groups in total. The van der Waals surface area contributed by atoms with Crippen molar-refractivity contribution >= 4 is 33.2 Å². The minimum absolute atomic E-state index is 0.0920. The Morgan fingerprint density at radius 3 is 2.53 bits per heavy atom. The minimum atomic E-state index is -3.65. The Balaban J connectivity index is 1.85. The number of para-hydroxylation sites is 1. The predicted octanol–water partition coefficient (Wildman–Crippen LogP) is 5.92. The van der Waals surface area contributed by atoms with Crippen LogP contribution < -0.4 is 9.64 Å². The van der Waals surface area contributed by atoms with Crippen LogP contribution in [-0.4, -0.2) is 44.7 Å². The van der Waals surface area contributed by atoms with Gasteiger partial charge in [-0.15, -0.1) is 11.8 Å². The topological polar surface area (TPSA) is 49.9 Å². The molecule has 0 aromatic heterocycles. The number of ether oxygens (including phenoxy) is 1. The van der Waals surface area contributed by atoms with Gasteiger partial charge in [0.05, 0.1) is 17.2 Å². The maximum atomic E-state index is 13.8. The SMILES string of the molecule is CCCCC1CN(c2ccccc2)c2cc(SCC)c(OCC3CC3)cc2S(=O)(=O)N1C. The van der Waals surface area contributed by atoms with Crippen molar-refractivity contribution < 1.29 is 13.2 Å². The summed E-state index contributed by atoms with van der Waals surface area (Å²) in [6.07, 6.45) is 5.27. The van der Waals surface area contributed by atoms with E-state index in [0.29, 0.717) is 29.7 Å². The highest BCUT2D eigenvalue weighted by atomic mass is 32.2. The molecule has 2 aromatic rings. The van der Waals surface area contributed by atoms with E-state index in [2.05, 4.69) is 30.9 Å². The molecular formula is C25H34N2O3S2. The van der Waals surface area contributed by atoms with Crippen LogP contribution in [0.4, 0.5) is 11.4 Å². The number of nitrogens with zero attached hydrogens (tertiary/aromatic N) is 2. The van der Waals surface area contributed by atoms with Crippen LogP contribution in [0.2, 0.25) is 0 Å². The minimum Gasteiger partial charge on any atom is -0.492 e. The van der Waals surface area contributed by atoms with Crippen molar-refractivity contribution in [2.75, 3.05) is 30.9 Å². The largest absolute Gasteiger partial charge is 0.492 e. The quantitative estimate of drug-likeness (QED) is 0.422.